The molecule has 2 aliphatic rings. The molecule has 5 nitrogen and oxygen atoms in total. The van der Waals surface area contributed by atoms with Gasteiger partial charge in [0, 0.05) is 12.6 Å². The summed E-state index contributed by atoms with van der Waals surface area (Å²) in [6, 6.07) is -0.206. The fourth-order valence-electron chi connectivity index (χ4n) is 3.85. The molecule has 0 aromatic heterocycles. The van der Waals surface area contributed by atoms with Crippen molar-refractivity contribution in [2.75, 3.05) is 13.1 Å². The van der Waals surface area contributed by atoms with Gasteiger partial charge in [-0.05, 0) is 38.0 Å². The van der Waals surface area contributed by atoms with Gasteiger partial charge >= 0.3 is 5.97 Å². The molecule has 21 heavy (non-hydrogen) atoms. The van der Waals surface area contributed by atoms with Crippen LogP contribution in [0.15, 0.2) is 0 Å². The number of carboxylic acids is 1. The molecule has 3 atom stereocenters. The number of rotatable bonds is 6. The van der Waals surface area contributed by atoms with Crippen LogP contribution in [0.2, 0.25) is 0 Å². The first-order valence-corrected chi connectivity index (χ1v) is 8.39. The van der Waals surface area contributed by atoms with Crippen LogP contribution in [0.3, 0.4) is 0 Å². The highest BCUT2D eigenvalue weighted by atomic mass is 16.4. The van der Waals surface area contributed by atoms with Crippen molar-refractivity contribution in [2.24, 2.45) is 5.92 Å². The van der Waals surface area contributed by atoms with Gasteiger partial charge in [0.1, 0.15) is 6.04 Å². The minimum Gasteiger partial charge on any atom is -0.480 e. The third kappa shape index (κ3) is 4.19. The maximum atomic E-state index is 12.5. The minimum absolute atomic E-state index is 0.0777. The van der Waals surface area contributed by atoms with Gasteiger partial charge in [-0.3, -0.25) is 14.9 Å². The first-order valence-electron chi connectivity index (χ1n) is 8.39. The number of carbonyl (C=O) groups excluding carboxylic acids is 1. The Morgan fingerprint density at radius 3 is 2.67 bits per heavy atom. The quantitative estimate of drug-likeness (QED) is 0.786. The lowest BCUT2D eigenvalue weighted by atomic mass is 9.78. The van der Waals surface area contributed by atoms with Crippen molar-refractivity contribution in [3.05, 3.63) is 0 Å². The number of amides is 1. The van der Waals surface area contributed by atoms with Gasteiger partial charge < -0.3 is 10.0 Å². The summed E-state index contributed by atoms with van der Waals surface area (Å²) in [7, 11) is 0. The Hall–Kier alpha value is -1.10. The van der Waals surface area contributed by atoms with Crippen molar-refractivity contribution in [3.63, 3.8) is 0 Å². The van der Waals surface area contributed by atoms with E-state index in [0.717, 1.165) is 25.8 Å². The minimum atomic E-state index is -0.862. The van der Waals surface area contributed by atoms with Crippen LogP contribution in [0, 0.1) is 5.92 Å². The maximum Gasteiger partial charge on any atom is 0.320 e. The van der Waals surface area contributed by atoms with Crippen molar-refractivity contribution >= 4 is 11.9 Å². The number of nitrogens with zero attached hydrogens (tertiary/aromatic N) is 1. The molecular weight excluding hydrogens is 268 g/mol. The zero-order chi connectivity index (χ0) is 15.2. The lowest BCUT2D eigenvalue weighted by molar-refractivity contribution is -0.140. The zero-order valence-corrected chi connectivity index (χ0v) is 13.0. The molecule has 0 unspecified atom stereocenters. The van der Waals surface area contributed by atoms with Crippen molar-refractivity contribution in [1.82, 2.24) is 10.2 Å². The van der Waals surface area contributed by atoms with Gasteiger partial charge in [-0.2, -0.15) is 0 Å². The molecule has 1 saturated heterocycles. The first-order chi connectivity index (χ1) is 10.1. The molecule has 1 saturated carbocycles. The lowest BCUT2D eigenvalue weighted by Gasteiger charge is -2.44. The molecule has 0 aromatic carbocycles. The van der Waals surface area contributed by atoms with E-state index in [2.05, 4.69) is 5.32 Å². The number of aliphatic carboxylic acids is 1. The van der Waals surface area contributed by atoms with Gasteiger partial charge in [-0.15, -0.1) is 0 Å². The van der Waals surface area contributed by atoms with E-state index in [1.165, 1.54) is 25.7 Å². The van der Waals surface area contributed by atoms with Gasteiger partial charge in [0.05, 0.1) is 6.54 Å². The summed E-state index contributed by atoms with van der Waals surface area (Å²) in [4.78, 5) is 25.6. The molecule has 1 heterocycles. The fourth-order valence-corrected chi connectivity index (χ4v) is 3.85. The summed E-state index contributed by atoms with van der Waals surface area (Å²) in [6.45, 7) is 2.95. The first kappa shape index (κ1) is 16.3. The molecule has 120 valence electrons. The third-order valence-electron chi connectivity index (χ3n) is 4.94. The molecule has 5 heteroatoms. The van der Waals surface area contributed by atoms with Gasteiger partial charge in [-0.25, -0.2) is 0 Å². The highest BCUT2D eigenvalue weighted by molar-refractivity contribution is 5.80. The van der Waals surface area contributed by atoms with Gasteiger partial charge in [-0.1, -0.05) is 26.2 Å². The molecule has 0 spiro atoms. The Morgan fingerprint density at radius 1 is 1.24 bits per heavy atom. The topological polar surface area (TPSA) is 69.6 Å². The van der Waals surface area contributed by atoms with Crippen molar-refractivity contribution in [1.29, 1.82) is 0 Å². The second kappa shape index (κ2) is 7.78. The van der Waals surface area contributed by atoms with E-state index in [1.807, 2.05) is 11.8 Å². The molecule has 1 aliphatic carbocycles. The Bertz CT molecular complexity index is 371. The largest absolute Gasteiger partial charge is 0.480 e. The second-order valence-electron chi connectivity index (χ2n) is 6.40. The van der Waals surface area contributed by atoms with Gasteiger partial charge in [0.25, 0.3) is 0 Å². The standard InChI is InChI=1S/C16H28N2O3/c1-2-6-13(16(20)21)17-11-15(19)18-10-5-8-12-7-3-4-9-14(12)18/h12-14,17H,2-11H2,1H3,(H,20,21)/t12-,13+,14-/m1/s1. The molecule has 0 bridgehead atoms. The molecule has 0 radical (unpaired) electrons. The smallest absolute Gasteiger partial charge is 0.320 e. The number of carboxylic acid groups (broad SMARTS) is 1. The summed E-state index contributed by atoms with van der Waals surface area (Å²) in [5.41, 5.74) is 0. The number of hydrogen-bond donors (Lipinski definition) is 2. The highest BCUT2D eigenvalue weighted by Crippen LogP contribution is 2.35. The normalized spacial score (nSPS) is 27.0. The Labute approximate surface area is 127 Å². The van der Waals surface area contributed by atoms with E-state index >= 15 is 0 Å². The Morgan fingerprint density at radius 2 is 1.95 bits per heavy atom. The van der Waals surface area contributed by atoms with Gasteiger partial charge in [0.15, 0.2) is 0 Å². The van der Waals surface area contributed by atoms with Crippen LogP contribution >= 0.6 is 0 Å². The highest BCUT2D eigenvalue weighted by Gasteiger charge is 2.35. The van der Waals surface area contributed by atoms with Crippen LogP contribution in [0.1, 0.15) is 58.3 Å². The van der Waals surface area contributed by atoms with Gasteiger partial charge in [0.2, 0.25) is 5.91 Å². The van der Waals surface area contributed by atoms with E-state index in [0.29, 0.717) is 18.4 Å². The molecule has 2 fully saturated rings. The summed E-state index contributed by atoms with van der Waals surface area (Å²) in [5, 5.41) is 12.0. The van der Waals surface area contributed by atoms with Crippen LogP contribution in [-0.4, -0.2) is 47.1 Å². The van der Waals surface area contributed by atoms with Crippen LogP contribution < -0.4 is 5.32 Å². The SMILES string of the molecule is CCC[C@H](NCC(=O)N1CCC[C@H]2CCCC[C@H]21)C(=O)O. The summed E-state index contributed by atoms with van der Waals surface area (Å²) >= 11 is 0. The Balaban J connectivity index is 1.88. The number of fused-ring (bicyclic) bond motifs is 1. The lowest BCUT2D eigenvalue weighted by Crippen LogP contribution is -2.53. The van der Waals surface area contributed by atoms with Crippen LogP contribution in [0.25, 0.3) is 0 Å². The van der Waals surface area contributed by atoms with E-state index < -0.39 is 12.0 Å². The number of hydrogen-bond acceptors (Lipinski definition) is 3. The van der Waals surface area contributed by atoms with E-state index in [9.17, 15) is 9.59 Å². The summed E-state index contributed by atoms with van der Waals surface area (Å²) in [5.74, 6) is -0.116. The van der Waals surface area contributed by atoms with Crippen LogP contribution in [-0.2, 0) is 9.59 Å². The van der Waals surface area contributed by atoms with Crippen LogP contribution in [0.4, 0.5) is 0 Å². The molecule has 2 N–H and O–H groups in total. The monoisotopic (exact) mass is 296 g/mol. The Kier molecular flexibility index (Phi) is 6.03. The van der Waals surface area contributed by atoms with Crippen molar-refractivity contribution < 1.29 is 14.7 Å². The second-order valence-corrected chi connectivity index (χ2v) is 6.40. The number of likely N-dealkylation sites (tertiary alicyclic amines) is 1. The summed E-state index contributed by atoms with van der Waals surface area (Å²) < 4.78 is 0. The zero-order valence-electron chi connectivity index (χ0n) is 13.0. The molecule has 2 rings (SSSR count). The van der Waals surface area contributed by atoms with Crippen molar-refractivity contribution in [3.8, 4) is 0 Å². The molecular formula is C16H28N2O3. The number of carbonyl (C=O) groups is 2. The van der Waals surface area contributed by atoms with E-state index in [-0.39, 0.29) is 12.5 Å². The summed E-state index contributed by atoms with van der Waals surface area (Å²) in [6.07, 6.45) is 8.56. The average molecular weight is 296 g/mol. The predicted octanol–water partition coefficient (Wildman–Crippen LogP) is 2.01. The average Bonchev–Trinajstić information content (AvgIpc) is 2.50. The molecule has 0 aromatic rings. The maximum absolute atomic E-state index is 12.5. The predicted molar refractivity (Wildman–Crippen MR) is 81.0 cm³/mol. The fraction of sp³-hybridized carbons (Fsp3) is 0.875. The van der Waals surface area contributed by atoms with E-state index in [1.54, 1.807) is 0 Å². The van der Waals surface area contributed by atoms with Crippen molar-refractivity contribution in [2.45, 2.75) is 70.4 Å². The van der Waals surface area contributed by atoms with Crippen LogP contribution in [0.5, 0.6) is 0 Å². The molecule has 1 aliphatic heterocycles. The number of piperidine rings is 1. The number of nitrogens with one attached hydrogen (secondary N) is 1. The van der Waals surface area contributed by atoms with E-state index in [4.69, 9.17) is 5.11 Å². The molecule has 1 amide bonds. The third-order valence-corrected chi connectivity index (χ3v) is 4.94.